The van der Waals surface area contributed by atoms with E-state index in [9.17, 15) is 14.4 Å². The molecule has 0 saturated heterocycles. The summed E-state index contributed by atoms with van der Waals surface area (Å²) in [5.41, 5.74) is 0.354. The number of hydrogen-bond donors (Lipinski definition) is 2. The number of likely N-dealkylation sites (N-methyl/N-ethyl adjacent to an activating group) is 1. The van der Waals surface area contributed by atoms with Crippen molar-refractivity contribution in [3.8, 4) is 0 Å². The van der Waals surface area contributed by atoms with E-state index in [1.807, 2.05) is 0 Å². The summed E-state index contributed by atoms with van der Waals surface area (Å²) in [6, 6.07) is 4.98. The average Bonchev–Trinajstić information content (AvgIpc) is 2.63. The zero-order chi connectivity index (χ0) is 20.0. The molecule has 1 aromatic heterocycles. The van der Waals surface area contributed by atoms with Crippen LogP contribution >= 0.6 is 23.4 Å². The van der Waals surface area contributed by atoms with E-state index in [-0.39, 0.29) is 29.7 Å². The summed E-state index contributed by atoms with van der Waals surface area (Å²) in [6.07, 6.45) is 0.817. The molecule has 7 nitrogen and oxygen atoms in total. The summed E-state index contributed by atoms with van der Waals surface area (Å²) in [7, 11) is 1.50. The first-order chi connectivity index (χ1) is 12.8. The summed E-state index contributed by atoms with van der Waals surface area (Å²) in [6.45, 7) is 4.59. The quantitative estimate of drug-likeness (QED) is 0.513. The fourth-order valence-electron chi connectivity index (χ4n) is 2.32. The van der Waals surface area contributed by atoms with Crippen molar-refractivity contribution in [1.82, 2.24) is 20.2 Å². The van der Waals surface area contributed by atoms with Crippen molar-refractivity contribution in [2.75, 3.05) is 19.3 Å². The Morgan fingerprint density at radius 3 is 2.70 bits per heavy atom. The molecule has 0 radical (unpaired) electrons. The number of hydrogen-bond acceptors (Lipinski definition) is 5. The molecule has 9 heteroatoms. The third-order valence-corrected chi connectivity index (χ3v) is 5.08. The van der Waals surface area contributed by atoms with Gasteiger partial charge in [0.1, 0.15) is 0 Å². The van der Waals surface area contributed by atoms with Crippen LogP contribution in [0.2, 0.25) is 5.02 Å². The van der Waals surface area contributed by atoms with Gasteiger partial charge in [0.15, 0.2) is 5.16 Å². The number of nitrogens with one attached hydrogen (secondary N) is 2. The van der Waals surface area contributed by atoms with E-state index >= 15 is 0 Å². The van der Waals surface area contributed by atoms with Crippen molar-refractivity contribution in [3.05, 3.63) is 33.6 Å². The van der Waals surface area contributed by atoms with Crippen LogP contribution in [0.5, 0.6) is 0 Å². The number of aromatic nitrogens is 2. The van der Waals surface area contributed by atoms with Crippen LogP contribution in [0.3, 0.4) is 0 Å². The second-order valence-corrected chi connectivity index (χ2v) is 7.81. The van der Waals surface area contributed by atoms with Gasteiger partial charge in [-0.25, -0.2) is 4.98 Å². The molecule has 0 spiro atoms. The predicted octanol–water partition coefficient (Wildman–Crippen LogP) is 2.05. The highest BCUT2D eigenvalue weighted by atomic mass is 35.5. The molecule has 0 atom stereocenters. The fourth-order valence-corrected chi connectivity index (χ4v) is 3.34. The largest absolute Gasteiger partial charge is 0.358 e. The first kappa shape index (κ1) is 21.2. The molecule has 2 amide bonds. The Morgan fingerprint density at radius 1 is 1.30 bits per heavy atom. The molecule has 0 aliphatic carbocycles. The van der Waals surface area contributed by atoms with Crippen molar-refractivity contribution in [2.24, 2.45) is 5.92 Å². The second kappa shape index (κ2) is 9.75. The number of halogens is 1. The minimum Gasteiger partial charge on any atom is -0.358 e. The maximum atomic E-state index is 12.9. The fraction of sp³-hybridized carbons (Fsp3) is 0.444. The third kappa shape index (κ3) is 5.97. The van der Waals surface area contributed by atoms with Gasteiger partial charge >= 0.3 is 0 Å². The molecule has 146 valence electrons. The van der Waals surface area contributed by atoms with Gasteiger partial charge in [0.05, 0.1) is 23.2 Å². The Morgan fingerprint density at radius 2 is 2.04 bits per heavy atom. The average molecular weight is 411 g/mol. The molecule has 0 bridgehead atoms. The summed E-state index contributed by atoms with van der Waals surface area (Å²) in [4.78, 5) is 40.6. The minimum atomic E-state index is -0.306. The maximum Gasteiger partial charge on any atom is 0.262 e. The third-order valence-electron chi connectivity index (χ3n) is 3.87. The maximum absolute atomic E-state index is 12.9. The Bertz CT molecular complexity index is 898. The van der Waals surface area contributed by atoms with E-state index in [0.29, 0.717) is 33.5 Å². The van der Waals surface area contributed by atoms with Crippen LogP contribution in [-0.2, 0) is 16.1 Å². The van der Waals surface area contributed by atoms with Gasteiger partial charge in [0.25, 0.3) is 5.56 Å². The molecule has 0 unspecified atom stereocenters. The number of carbonyl (C=O) groups is 2. The van der Waals surface area contributed by atoms with Crippen molar-refractivity contribution in [3.63, 3.8) is 0 Å². The Kier molecular flexibility index (Phi) is 7.67. The lowest BCUT2D eigenvalue weighted by Gasteiger charge is -2.14. The molecule has 2 N–H and O–H groups in total. The van der Waals surface area contributed by atoms with Gasteiger partial charge in [-0.3, -0.25) is 19.0 Å². The van der Waals surface area contributed by atoms with Crippen molar-refractivity contribution in [2.45, 2.75) is 32.0 Å². The van der Waals surface area contributed by atoms with E-state index in [2.05, 4.69) is 29.5 Å². The zero-order valence-corrected chi connectivity index (χ0v) is 17.1. The number of carbonyl (C=O) groups excluding carboxylic acids is 2. The topological polar surface area (TPSA) is 93.1 Å². The van der Waals surface area contributed by atoms with Crippen LogP contribution in [-0.4, -0.2) is 40.7 Å². The van der Waals surface area contributed by atoms with Gasteiger partial charge in [0.2, 0.25) is 11.8 Å². The lowest BCUT2D eigenvalue weighted by molar-refractivity contribution is -0.124. The molecule has 1 heterocycles. The number of benzene rings is 1. The van der Waals surface area contributed by atoms with Crippen molar-refractivity contribution in [1.29, 1.82) is 0 Å². The lowest BCUT2D eigenvalue weighted by atomic mass is 10.1. The monoisotopic (exact) mass is 410 g/mol. The number of thioether (sulfide) groups is 1. The van der Waals surface area contributed by atoms with Crippen LogP contribution < -0.4 is 16.2 Å². The molecule has 27 heavy (non-hydrogen) atoms. The molecule has 0 fully saturated rings. The van der Waals surface area contributed by atoms with Crippen LogP contribution in [0.15, 0.2) is 28.2 Å². The SMILES string of the molecule is CNC(=O)CNC(=O)CSc1nc2cc(Cl)ccc2c(=O)n1CCC(C)C. The van der Waals surface area contributed by atoms with E-state index in [4.69, 9.17) is 11.6 Å². The molecule has 0 aliphatic heterocycles. The highest BCUT2D eigenvalue weighted by molar-refractivity contribution is 7.99. The van der Waals surface area contributed by atoms with Crippen LogP contribution in [0.4, 0.5) is 0 Å². The zero-order valence-electron chi connectivity index (χ0n) is 15.5. The van der Waals surface area contributed by atoms with Crippen LogP contribution in [0.1, 0.15) is 20.3 Å². The predicted molar refractivity (Wildman–Crippen MR) is 108 cm³/mol. The van der Waals surface area contributed by atoms with Crippen molar-refractivity contribution >= 4 is 46.1 Å². The van der Waals surface area contributed by atoms with E-state index in [0.717, 1.165) is 6.42 Å². The first-order valence-electron chi connectivity index (χ1n) is 8.62. The van der Waals surface area contributed by atoms with Crippen LogP contribution in [0.25, 0.3) is 10.9 Å². The summed E-state index contributed by atoms with van der Waals surface area (Å²) < 4.78 is 1.60. The summed E-state index contributed by atoms with van der Waals surface area (Å²) >= 11 is 7.19. The highest BCUT2D eigenvalue weighted by Crippen LogP contribution is 2.21. The second-order valence-electron chi connectivity index (χ2n) is 6.43. The van der Waals surface area contributed by atoms with Gasteiger partial charge in [-0.05, 0) is 30.5 Å². The summed E-state index contributed by atoms with van der Waals surface area (Å²) in [5, 5.41) is 6.41. The first-order valence-corrected chi connectivity index (χ1v) is 9.98. The Labute approximate surface area is 166 Å². The van der Waals surface area contributed by atoms with Gasteiger partial charge in [0, 0.05) is 18.6 Å². The Hall–Kier alpha value is -2.06. The minimum absolute atomic E-state index is 0.0528. The van der Waals surface area contributed by atoms with Gasteiger partial charge in [-0.15, -0.1) is 0 Å². The standard InChI is InChI=1S/C18H23ClN4O3S/c1-11(2)6-7-23-17(26)13-5-4-12(19)8-14(13)22-18(23)27-10-16(25)21-9-15(24)20-3/h4-5,8,11H,6-7,9-10H2,1-3H3,(H,20,24)(H,21,25). The molecule has 2 rings (SSSR count). The number of nitrogens with zero attached hydrogens (tertiary/aromatic N) is 2. The van der Waals surface area contributed by atoms with Gasteiger partial charge < -0.3 is 10.6 Å². The normalized spacial score (nSPS) is 11.0. The Balaban J connectivity index is 2.26. The molecule has 0 saturated carbocycles. The van der Waals surface area contributed by atoms with Crippen molar-refractivity contribution < 1.29 is 9.59 Å². The number of rotatable bonds is 8. The summed E-state index contributed by atoms with van der Waals surface area (Å²) in [5.74, 6) is -0.108. The smallest absolute Gasteiger partial charge is 0.262 e. The van der Waals surface area contributed by atoms with E-state index < -0.39 is 0 Å². The lowest BCUT2D eigenvalue weighted by Crippen LogP contribution is -2.36. The molecule has 1 aromatic carbocycles. The van der Waals surface area contributed by atoms with E-state index in [1.54, 1.807) is 22.8 Å². The van der Waals surface area contributed by atoms with Crippen LogP contribution in [0, 0.1) is 5.92 Å². The number of amides is 2. The molecular weight excluding hydrogens is 388 g/mol. The molecule has 2 aromatic rings. The number of fused-ring (bicyclic) bond motifs is 1. The van der Waals surface area contributed by atoms with E-state index in [1.165, 1.54) is 18.8 Å². The van der Waals surface area contributed by atoms with Gasteiger partial charge in [-0.1, -0.05) is 37.2 Å². The van der Waals surface area contributed by atoms with Gasteiger partial charge in [-0.2, -0.15) is 0 Å². The highest BCUT2D eigenvalue weighted by Gasteiger charge is 2.14. The molecular formula is C18H23ClN4O3S. The molecule has 0 aliphatic rings.